The highest BCUT2D eigenvalue weighted by Crippen LogP contribution is 2.35. The minimum Gasteiger partial charge on any atom is -0.390 e. The van der Waals surface area contributed by atoms with E-state index in [-0.39, 0.29) is 18.3 Å². The van der Waals surface area contributed by atoms with E-state index in [1.807, 2.05) is 4.40 Å². The largest absolute Gasteiger partial charge is 0.390 e. The third kappa shape index (κ3) is 3.02. The molecule has 1 aliphatic carbocycles. The van der Waals surface area contributed by atoms with Crippen molar-refractivity contribution in [3.63, 3.8) is 0 Å². The lowest BCUT2D eigenvalue weighted by atomic mass is 10.0. The summed E-state index contributed by atoms with van der Waals surface area (Å²) < 4.78 is 15.7. The highest BCUT2D eigenvalue weighted by Gasteiger charge is 2.36. The van der Waals surface area contributed by atoms with E-state index < -0.39 is 12.2 Å². The van der Waals surface area contributed by atoms with Gasteiger partial charge in [0.05, 0.1) is 12.2 Å². The zero-order chi connectivity index (χ0) is 18.3. The summed E-state index contributed by atoms with van der Waals surface area (Å²) in [6.07, 6.45) is 4.80. The molecule has 0 aliphatic heterocycles. The molecule has 4 rings (SSSR count). The van der Waals surface area contributed by atoms with Crippen LogP contribution in [0.5, 0.6) is 0 Å². The van der Waals surface area contributed by atoms with E-state index in [9.17, 15) is 14.6 Å². The van der Waals surface area contributed by atoms with Crippen molar-refractivity contribution in [3.05, 3.63) is 58.9 Å². The smallest absolute Gasteiger partial charge is 0.180 e. The topological polar surface area (TPSA) is 82.7 Å². The summed E-state index contributed by atoms with van der Waals surface area (Å²) in [6, 6.07) is 4.40. The van der Waals surface area contributed by atoms with E-state index in [2.05, 4.69) is 15.3 Å². The number of halogens is 2. The lowest BCUT2D eigenvalue weighted by Crippen LogP contribution is -2.24. The molecule has 3 N–H and O–H groups in total. The van der Waals surface area contributed by atoms with E-state index >= 15 is 0 Å². The minimum absolute atomic E-state index is 0.180. The maximum Gasteiger partial charge on any atom is 0.180 e. The summed E-state index contributed by atoms with van der Waals surface area (Å²) in [5.41, 5.74) is 1.84. The van der Waals surface area contributed by atoms with Gasteiger partial charge in [0.15, 0.2) is 11.5 Å². The summed E-state index contributed by atoms with van der Waals surface area (Å²) in [6.45, 7) is 0.214. The van der Waals surface area contributed by atoms with Crippen LogP contribution in [-0.2, 0) is 6.54 Å². The fraction of sp³-hybridized carbons (Fsp3) is 0.333. The summed E-state index contributed by atoms with van der Waals surface area (Å²) >= 11 is 5.92. The van der Waals surface area contributed by atoms with Gasteiger partial charge in [0, 0.05) is 47.3 Å². The first kappa shape index (κ1) is 17.2. The van der Waals surface area contributed by atoms with Crippen molar-refractivity contribution in [1.29, 1.82) is 0 Å². The molecule has 0 radical (unpaired) electrons. The number of anilines is 1. The molecule has 1 saturated carbocycles. The third-order valence-corrected chi connectivity index (χ3v) is 5.11. The average molecular weight is 377 g/mol. The number of aromatic nitrogens is 3. The minimum atomic E-state index is -0.806. The number of imidazole rings is 1. The molecule has 0 unspecified atom stereocenters. The van der Waals surface area contributed by atoms with Gasteiger partial charge in [-0.2, -0.15) is 0 Å². The summed E-state index contributed by atoms with van der Waals surface area (Å²) in [4.78, 5) is 8.69. The fourth-order valence-corrected chi connectivity index (χ4v) is 3.67. The second kappa shape index (κ2) is 6.83. The van der Waals surface area contributed by atoms with Gasteiger partial charge >= 0.3 is 0 Å². The number of aliphatic hydroxyl groups is 2. The molecule has 0 bridgehead atoms. The Labute approximate surface area is 154 Å². The Balaban J connectivity index is 1.62. The Morgan fingerprint density at radius 1 is 1.27 bits per heavy atom. The van der Waals surface area contributed by atoms with Crippen molar-refractivity contribution in [2.75, 3.05) is 5.32 Å². The van der Waals surface area contributed by atoms with Crippen molar-refractivity contribution < 1.29 is 14.6 Å². The van der Waals surface area contributed by atoms with E-state index in [1.54, 1.807) is 24.7 Å². The standard InChI is InChI=1S/C18H18ClFN4O2/c19-11-1-3-13(20)10(7-11)8-22-17-18-23-9-14(24(18)6-5-21-17)12-2-4-15(25)16(12)26/h1,3,5-7,9,12,15-16,25-26H,2,4,8H2,(H,21,22)/t12-,15+,16-/m0/s1. The molecule has 1 aromatic carbocycles. The molecule has 1 aliphatic rings. The van der Waals surface area contributed by atoms with Crippen LogP contribution in [0.3, 0.4) is 0 Å². The molecular weight excluding hydrogens is 359 g/mol. The van der Waals surface area contributed by atoms with Crippen molar-refractivity contribution in [1.82, 2.24) is 14.4 Å². The van der Waals surface area contributed by atoms with Crippen molar-refractivity contribution in [2.24, 2.45) is 0 Å². The molecule has 6 nitrogen and oxygen atoms in total. The lowest BCUT2D eigenvalue weighted by molar-refractivity contribution is 0.0345. The molecule has 1 fully saturated rings. The number of nitrogens with one attached hydrogen (secondary N) is 1. The number of aliphatic hydroxyl groups excluding tert-OH is 2. The molecule has 26 heavy (non-hydrogen) atoms. The van der Waals surface area contributed by atoms with Crippen LogP contribution in [0.25, 0.3) is 5.65 Å². The maximum absolute atomic E-state index is 13.9. The maximum atomic E-state index is 13.9. The molecule has 2 aromatic heterocycles. The number of hydrogen-bond acceptors (Lipinski definition) is 5. The van der Waals surface area contributed by atoms with Gasteiger partial charge in [0.2, 0.25) is 0 Å². The zero-order valence-corrected chi connectivity index (χ0v) is 14.6. The van der Waals surface area contributed by atoms with Gasteiger partial charge in [0.1, 0.15) is 5.82 Å². The van der Waals surface area contributed by atoms with Crippen molar-refractivity contribution in [3.8, 4) is 0 Å². The summed E-state index contributed by atoms with van der Waals surface area (Å²) in [5, 5.41) is 23.5. The second-order valence-electron chi connectivity index (χ2n) is 6.48. The number of hydrogen-bond donors (Lipinski definition) is 3. The number of nitrogens with zero attached hydrogens (tertiary/aromatic N) is 3. The SMILES string of the molecule is O[C@@H]1[C@H](O)CC[C@H]1c1cnc2c(NCc3cc(Cl)ccc3F)nccn12. The van der Waals surface area contributed by atoms with Gasteiger partial charge in [-0.3, -0.25) is 4.40 Å². The van der Waals surface area contributed by atoms with Gasteiger partial charge in [-0.25, -0.2) is 14.4 Å². The number of benzene rings is 1. The Morgan fingerprint density at radius 3 is 2.88 bits per heavy atom. The van der Waals surface area contributed by atoms with Crippen LogP contribution in [0.15, 0.2) is 36.8 Å². The molecule has 136 valence electrons. The molecule has 0 saturated heterocycles. The van der Waals surface area contributed by atoms with Gasteiger partial charge in [0.25, 0.3) is 0 Å². The predicted octanol–water partition coefficient (Wildman–Crippen LogP) is 2.73. The normalized spacial score (nSPS) is 22.8. The molecule has 2 heterocycles. The highest BCUT2D eigenvalue weighted by molar-refractivity contribution is 6.30. The Bertz CT molecular complexity index is 948. The molecule has 8 heteroatoms. The van der Waals surface area contributed by atoms with Crippen LogP contribution < -0.4 is 5.32 Å². The summed E-state index contributed by atoms with van der Waals surface area (Å²) in [7, 11) is 0. The highest BCUT2D eigenvalue weighted by atomic mass is 35.5. The summed E-state index contributed by atoms with van der Waals surface area (Å²) in [5.74, 6) is -0.0206. The molecule has 3 aromatic rings. The van der Waals surface area contributed by atoms with E-state index in [4.69, 9.17) is 11.6 Å². The van der Waals surface area contributed by atoms with Crippen LogP contribution >= 0.6 is 11.6 Å². The van der Waals surface area contributed by atoms with Crippen LogP contribution in [0.1, 0.15) is 30.0 Å². The molecule has 0 amide bonds. The predicted molar refractivity (Wildman–Crippen MR) is 95.7 cm³/mol. The zero-order valence-electron chi connectivity index (χ0n) is 13.8. The van der Waals surface area contributed by atoms with Crippen molar-refractivity contribution >= 4 is 23.1 Å². The van der Waals surface area contributed by atoms with Gasteiger partial charge in [-0.1, -0.05) is 11.6 Å². The van der Waals surface area contributed by atoms with Crippen LogP contribution in [0, 0.1) is 5.82 Å². The number of fused-ring (bicyclic) bond motifs is 1. The van der Waals surface area contributed by atoms with Crippen LogP contribution in [-0.4, -0.2) is 36.8 Å². The van der Waals surface area contributed by atoms with Gasteiger partial charge < -0.3 is 15.5 Å². The lowest BCUT2D eigenvalue weighted by Gasteiger charge is -2.16. The second-order valence-corrected chi connectivity index (χ2v) is 6.92. The molecule has 3 atom stereocenters. The Kier molecular flexibility index (Phi) is 4.52. The quantitative estimate of drug-likeness (QED) is 0.652. The molecule has 0 spiro atoms. The first-order valence-electron chi connectivity index (χ1n) is 8.40. The first-order valence-corrected chi connectivity index (χ1v) is 8.78. The Hall–Kier alpha value is -2.22. The van der Waals surface area contributed by atoms with Crippen molar-refractivity contribution in [2.45, 2.75) is 37.5 Å². The van der Waals surface area contributed by atoms with E-state index in [0.29, 0.717) is 34.9 Å². The third-order valence-electron chi connectivity index (χ3n) is 4.87. The van der Waals surface area contributed by atoms with Gasteiger partial charge in [-0.15, -0.1) is 0 Å². The van der Waals surface area contributed by atoms with Crippen LogP contribution in [0.2, 0.25) is 5.02 Å². The first-order chi connectivity index (χ1) is 12.5. The van der Waals surface area contributed by atoms with E-state index in [0.717, 1.165) is 5.69 Å². The monoisotopic (exact) mass is 376 g/mol. The van der Waals surface area contributed by atoms with Gasteiger partial charge in [-0.05, 0) is 31.0 Å². The Morgan fingerprint density at radius 2 is 2.12 bits per heavy atom. The van der Waals surface area contributed by atoms with E-state index in [1.165, 1.54) is 12.1 Å². The van der Waals surface area contributed by atoms with Crippen LogP contribution in [0.4, 0.5) is 10.2 Å². The average Bonchev–Trinajstić information content (AvgIpc) is 3.20. The molecular formula is C18H18ClFN4O2. The fourth-order valence-electron chi connectivity index (χ4n) is 3.48. The number of rotatable bonds is 4.